The molecule has 0 radical (unpaired) electrons. The van der Waals surface area contributed by atoms with Crippen LogP contribution in [0.1, 0.15) is 60.4 Å². The van der Waals surface area contributed by atoms with Crippen LogP contribution in [0, 0.1) is 20.8 Å². The highest BCUT2D eigenvalue weighted by Gasteiger charge is 2.30. The summed E-state index contributed by atoms with van der Waals surface area (Å²) >= 11 is 0. The van der Waals surface area contributed by atoms with Gasteiger partial charge in [-0.1, -0.05) is 79.6 Å². The maximum atomic E-state index is 13.9. The first kappa shape index (κ1) is 32.9. The van der Waals surface area contributed by atoms with E-state index in [2.05, 4.69) is 12.2 Å². The normalized spacial score (nSPS) is 12.0. The van der Waals surface area contributed by atoms with Crippen molar-refractivity contribution in [3.63, 3.8) is 0 Å². The summed E-state index contributed by atoms with van der Waals surface area (Å²) in [7, 11) is -3.56. The van der Waals surface area contributed by atoms with Gasteiger partial charge in [0.2, 0.25) is 21.8 Å². The van der Waals surface area contributed by atoms with Gasteiger partial charge in [-0.2, -0.15) is 0 Å². The molecule has 0 aromatic heterocycles. The van der Waals surface area contributed by atoms with E-state index in [0.717, 1.165) is 40.7 Å². The Morgan fingerprint density at radius 3 is 2.07 bits per heavy atom. The SMILES string of the molecule is CCCCNC(=O)[C@H](Cc1ccccc1)N(Cc1ccc(C)cc1)C(=O)CCCN(c1cc(C)cc(C)c1)S(C)(=O)=O. The smallest absolute Gasteiger partial charge is 0.243 e. The lowest BCUT2D eigenvalue weighted by Crippen LogP contribution is -2.50. The molecule has 1 N–H and O–H groups in total. The van der Waals surface area contributed by atoms with E-state index in [1.165, 1.54) is 10.6 Å². The number of aryl methyl sites for hydroxylation is 3. The summed E-state index contributed by atoms with van der Waals surface area (Å²) in [5.41, 5.74) is 5.54. The molecule has 3 rings (SSSR count). The van der Waals surface area contributed by atoms with Crippen LogP contribution in [0.2, 0.25) is 0 Å². The number of amides is 2. The summed E-state index contributed by atoms with van der Waals surface area (Å²) in [5.74, 6) is -0.364. The van der Waals surface area contributed by atoms with E-state index in [4.69, 9.17) is 0 Å². The number of unbranched alkanes of at least 4 members (excludes halogenated alkanes) is 1. The number of hydrogen-bond acceptors (Lipinski definition) is 4. The highest BCUT2D eigenvalue weighted by molar-refractivity contribution is 7.92. The fourth-order valence-electron chi connectivity index (χ4n) is 5.05. The number of carbonyl (C=O) groups is 2. The van der Waals surface area contributed by atoms with Crippen molar-refractivity contribution >= 4 is 27.5 Å². The Kier molecular flexibility index (Phi) is 12.2. The van der Waals surface area contributed by atoms with Crippen LogP contribution in [0.3, 0.4) is 0 Å². The first-order chi connectivity index (χ1) is 20.0. The van der Waals surface area contributed by atoms with Gasteiger partial charge in [0, 0.05) is 32.5 Å². The molecule has 3 aromatic carbocycles. The van der Waals surface area contributed by atoms with E-state index < -0.39 is 16.1 Å². The number of hydrogen-bond donors (Lipinski definition) is 1. The number of benzene rings is 3. The monoisotopic (exact) mass is 591 g/mol. The Labute approximate surface area is 252 Å². The number of rotatable bonds is 15. The topological polar surface area (TPSA) is 86.8 Å². The van der Waals surface area contributed by atoms with Gasteiger partial charge in [0.25, 0.3) is 0 Å². The van der Waals surface area contributed by atoms with Gasteiger partial charge < -0.3 is 10.2 Å². The molecule has 0 aliphatic carbocycles. The molecule has 226 valence electrons. The first-order valence-electron chi connectivity index (χ1n) is 14.7. The summed E-state index contributed by atoms with van der Waals surface area (Å²) < 4.78 is 26.8. The van der Waals surface area contributed by atoms with Gasteiger partial charge in [-0.05, 0) is 68.0 Å². The summed E-state index contributed by atoms with van der Waals surface area (Å²) in [6.45, 7) is 8.94. The Hall–Kier alpha value is -3.65. The standard InChI is InChI=1S/C34H45N3O4S/c1-6-7-19-35-34(39)32(24-29-12-9-8-10-13-29)36(25-30-17-15-26(2)16-18-30)33(38)14-11-20-37(42(5,40)41)31-22-27(3)21-28(4)23-31/h8-10,12-13,15-18,21-23,32H,6-7,11,14,19-20,24-25H2,1-5H3,(H,35,39)/t32-/m0/s1. The summed E-state index contributed by atoms with van der Waals surface area (Å²) in [6.07, 6.45) is 3.80. The second-order valence-corrected chi connectivity index (χ2v) is 13.0. The van der Waals surface area contributed by atoms with E-state index in [1.54, 1.807) is 4.90 Å². The second kappa shape index (κ2) is 15.5. The zero-order valence-corrected chi connectivity index (χ0v) is 26.4. The van der Waals surface area contributed by atoms with E-state index in [9.17, 15) is 18.0 Å². The third-order valence-electron chi connectivity index (χ3n) is 7.22. The van der Waals surface area contributed by atoms with Crippen LogP contribution in [0.4, 0.5) is 5.69 Å². The molecule has 0 fully saturated rings. The Morgan fingerprint density at radius 1 is 0.833 bits per heavy atom. The zero-order chi connectivity index (χ0) is 30.7. The minimum atomic E-state index is -3.56. The predicted molar refractivity (Wildman–Crippen MR) is 171 cm³/mol. The van der Waals surface area contributed by atoms with Crippen molar-refractivity contribution in [1.29, 1.82) is 0 Å². The minimum Gasteiger partial charge on any atom is -0.354 e. The number of sulfonamides is 1. The van der Waals surface area contributed by atoms with Crippen molar-refractivity contribution in [2.75, 3.05) is 23.7 Å². The van der Waals surface area contributed by atoms with Crippen LogP contribution < -0.4 is 9.62 Å². The van der Waals surface area contributed by atoms with Gasteiger partial charge in [0.15, 0.2) is 0 Å². The molecule has 0 heterocycles. The van der Waals surface area contributed by atoms with Gasteiger partial charge >= 0.3 is 0 Å². The number of anilines is 1. The summed E-state index contributed by atoms with van der Waals surface area (Å²) in [6, 6.07) is 22.7. The van der Waals surface area contributed by atoms with Gasteiger partial charge in [-0.15, -0.1) is 0 Å². The largest absolute Gasteiger partial charge is 0.354 e. The fraction of sp³-hybridized carbons (Fsp3) is 0.412. The highest BCUT2D eigenvalue weighted by Crippen LogP contribution is 2.23. The van der Waals surface area contributed by atoms with Crippen molar-refractivity contribution in [3.05, 3.63) is 101 Å². The molecule has 1 atom stereocenters. The van der Waals surface area contributed by atoms with Crippen LogP contribution in [-0.2, 0) is 32.6 Å². The molecular formula is C34H45N3O4S. The third kappa shape index (κ3) is 10.0. The van der Waals surface area contributed by atoms with Crippen LogP contribution >= 0.6 is 0 Å². The van der Waals surface area contributed by atoms with Gasteiger partial charge in [0.1, 0.15) is 6.04 Å². The second-order valence-electron chi connectivity index (χ2n) is 11.1. The van der Waals surface area contributed by atoms with Crippen molar-refractivity contribution in [2.45, 2.75) is 72.4 Å². The average molecular weight is 592 g/mol. The number of carbonyl (C=O) groups excluding carboxylic acids is 2. The molecular weight excluding hydrogens is 546 g/mol. The molecule has 0 aliphatic heterocycles. The molecule has 0 unspecified atom stereocenters. The maximum Gasteiger partial charge on any atom is 0.243 e. The van der Waals surface area contributed by atoms with Gasteiger partial charge in [-0.25, -0.2) is 8.42 Å². The predicted octanol–water partition coefficient (Wildman–Crippen LogP) is 5.71. The summed E-state index contributed by atoms with van der Waals surface area (Å²) in [4.78, 5) is 29.2. The Balaban J connectivity index is 1.88. The molecule has 2 amide bonds. The highest BCUT2D eigenvalue weighted by atomic mass is 32.2. The Bertz CT molecular complexity index is 1400. The van der Waals surface area contributed by atoms with Crippen LogP contribution in [0.25, 0.3) is 0 Å². The van der Waals surface area contributed by atoms with Crippen molar-refractivity contribution in [2.24, 2.45) is 0 Å². The quantitative estimate of drug-likeness (QED) is 0.229. The van der Waals surface area contributed by atoms with Crippen molar-refractivity contribution in [3.8, 4) is 0 Å². The minimum absolute atomic E-state index is 0.107. The molecule has 0 aliphatic rings. The van der Waals surface area contributed by atoms with E-state index in [1.807, 2.05) is 93.6 Å². The van der Waals surface area contributed by atoms with Crippen molar-refractivity contribution in [1.82, 2.24) is 10.2 Å². The summed E-state index contributed by atoms with van der Waals surface area (Å²) in [5, 5.41) is 3.04. The molecule has 0 saturated heterocycles. The van der Waals surface area contributed by atoms with E-state index >= 15 is 0 Å². The molecule has 8 heteroatoms. The average Bonchev–Trinajstić information content (AvgIpc) is 2.93. The maximum absolute atomic E-state index is 13.9. The molecule has 7 nitrogen and oxygen atoms in total. The van der Waals surface area contributed by atoms with Crippen LogP contribution in [0.5, 0.6) is 0 Å². The van der Waals surface area contributed by atoms with Crippen molar-refractivity contribution < 1.29 is 18.0 Å². The number of nitrogens with one attached hydrogen (secondary N) is 1. The molecule has 0 saturated carbocycles. The molecule has 0 spiro atoms. The Morgan fingerprint density at radius 2 is 1.48 bits per heavy atom. The lowest BCUT2D eigenvalue weighted by atomic mass is 10.0. The third-order valence-corrected chi connectivity index (χ3v) is 8.41. The van der Waals surface area contributed by atoms with Crippen LogP contribution in [0.15, 0.2) is 72.8 Å². The van der Waals surface area contributed by atoms with Crippen LogP contribution in [-0.4, -0.2) is 50.5 Å². The van der Waals surface area contributed by atoms with E-state index in [-0.39, 0.29) is 31.3 Å². The molecule has 3 aromatic rings. The zero-order valence-electron chi connectivity index (χ0n) is 25.6. The van der Waals surface area contributed by atoms with E-state index in [0.29, 0.717) is 25.1 Å². The lowest BCUT2D eigenvalue weighted by molar-refractivity contribution is -0.141. The first-order valence-corrected chi connectivity index (χ1v) is 16.6. The van der Waals surface area contributed by atoms with Gasteiger partial charge in [0.05, 0.1) is 11.9 Å². The lowest BCUT2D eigenvalue weighted by Gasteiger charge is -2.32. The van der Waals surface area contributed by atoms with Gasteiger partial charge in [-0.3, -0.25) is 13.9 Å². The molecule has 0 bridgehead atoms. The molecule has 42 heavy (non-hydrogen) atoms. The fourth-order valence-corrected chi connectivity index (χ4v) is 6.00. The number of nitrogens with zero attached hydrogens (tertiary/aromatic N) is 2.